The van der Waals surface area contributed by atoms with Gasteiger partial charge in [0, 0.05) is 11.6 Å². The number of amides is 1. The first-order chi connectivity index (χ1) is 8.86. The highest BCUT2D eigenvalue weighted by Crippen LogP contribution is 2.25. The highest BCUT2D eigenvalue weighted by molar-refractivity contribution is 6.33. The minimum atomic E-state index is -0.629. The van der Waals surface area contributed by atoms with Crippen LogP contribution in [0.15, 0.2) is 18.2 Å². The number of hydrogen-bond acceptors (Lipinski definition) is 4. The third kappa shape index (κ3) is 3.66. The maximum atomic E-state index is 11.9. The summed E-state index contributed by atoms with van der Waals surface area (Å²) in [5, 5.41) is 21.9. The van der Waals surface area contributed by atoms with Crippen molar-refractivity contribution < 1.29 is 9.72 Å². The molecule has 1 aromatic rings. The van der Waals surface area contributed by atoms with Gasteiger partial charge in [0.05, 0.1) is 11.0 Å². The standard InChI is InChI=1S/C12H12ClN3O3/c1-7(2)10(6-14)15-12(17)8-3-4-11(16(18)19)9(13)5-8/h3-5,7,10H,1-2H3,(H,15,17). The Hall–Kier alpha value is -2.13. The SMILES string of the molecule is CC(C)C(C#N)NC(=O)c1ccc([N+](=O)[O-])c(Cl)c1. The van der Waals surface area contributed by atoms with Gasteiger partial charge in [-0.15, -0.1) is 0 Å². The van der Waals surface area contributed by atoms with Crippen molar-refractivity contribution >= 4 is 23.2 Å². The van der Waals surface area contributed by atoms with Crippen LogP contribution in [0.1, 0.15) is 24.2 Å². The lowest BCUT2D eigenvalue weighted by molar-refractivity contribution is -0.384. The molecule has 1 atom stereocenters. The average Bonchev–Trinajstić information content (AvgIpc) is 2.34. The van der Waals surface area contributed by atoms with Crippen molar-refractivity contribution in [3.05, 3.63) is 38.9 Å². The predicted octanol–water partition coefficient (Wildman–Crippen LogP) is 2.53. The molecule has 1 amide bonds. The molecule has 1 unspecified atom stereocenters. The Bertz CT molecular complexity index is 552. The largest absolute Gasteiger partial charge is 0.336 e. The maximum absolute atomic E-state index is 11.9. The molecular formula is C12H12ClN3O3. The molecule has 0 radical (unpaired) electrons. The van der Waals surface area contributed by atoms with E-state index >= 15 is 0 Å². The first kappa shape index (κ1) is 14.9. The Kier molecular flexibility index (Phi) is 4.84. The summed E-state index contributed by atoms with van der Waals surface area (Å²) >= 11 is 5.71. The molecule has 0 aromatic heterocycles. The van der Waals surface area contributed by atoms with Gasteiger partial charge >= 0.3 is 0 Å². The fourth-order valence-corrected chi connectivity index (χ4v) is 1.62. The summed E-state index contributed by atoms with van der Waals surface area (Å²) in [5.41, 5.74) is -0.0876. The van der Waals surface area contributed by atoms with E-state index in [-0.39, 0.29) is 22.2 Å². The number of carbonyl (C=O) groups is 1. The van der Waals surface area contributed by atoms with Gasteiger partial charge in [-0.1, -0.05) is 25.4 Å². The van der Waals surface area contributed by atoms with Crippen molar-refractivity contribution in [2.24, 2.45) is 5.92 Å². The van der Waals surface area contributed by atoms with E-state index in [4.69, 9.17) is 16.9 Å². The van der Waals surface area contributed by atoms with Crippen molar-refractivity contribution in [3.8, 4) is 6.07 Å². The second kappa shape index (κ2) is 6.16. The highest BCUT2D eigenvalue weighted by Gasteiger charge is 2.19. The summed E-state index contributed by atoms with van der Waals surface area (Å²) in [5.74, 6) is -0.528. The minimum absolute atomic E-state index is 0.0394. The molecule has 100 valence electrons. The summed E-state index contributed by atoms with van der Waals surface area (Å²) in [6.45, 7) is 3.61. The molecule has 0 saturated heterocycles. The quantitative estimate of drug-likeness (QED) is 0.677. The predicted molar refractivity (Wildman–Crippen MR) is 69.8 cm³/mol. The number of halogens is 1. The van der Waals surface area contributed by atoms with Gasteiger partial charge in [0.2, 0.25) is 0 Å². The minimum Gasteiger partial charge on any atom is -0.336 e. The summed E-state index contributed by atoms with van der Waals surface area (Å²) < 4.78 is 0. The van der Waals surface area contributed by atoms with Crippen LogP contribution in [0.3, 0.4) is 0 Å². The second-order valence-electron chi connectivity index (χ2n) is 4.25. The lowest BCUT2D eigenvalue weighted by Crippen LogP contribution is -2.37. The van der Waals surface area contributed by atoms with Gasteiger partial charge in [-0.25, -0.2) is 0 Å². The Morgan fingerprint density at radius 1 is 1.53 bits per heavy atom. The molecule has 0 aliphatic heterocycles. The number of benzene rings is 1. The number of nitro groups is 1. The van der Waals surface area contributed by atoms with E-state index < -0.39 is 16.9 Å². The molecule has 0 aliphatic rings. The fraction of sp³-hybridized carbons (Fsp3) is 0.333. The number of nitrogens with one attached hydrogen (secondary N) is 1. The van der Waals surface area contributed by atoms with E-state index in [1.807, 2.05) is 6.07 Å². The lowest BCUT2D eigenvalue weighted by atomic mass is 10.1. The van der Waals surface area contributed by atoms with Crippen LogP contribution in [-0.2, 0) is 0 Å². The molecule has 0 aliphatic carbocycles. The Morgan fingerprint density at radius 2 is 2.16 bits per heavy atom. The molecule has 1 rings (SSSR count). The van der Waals surface area contributed by atoms with Gasteiger partial charge in [-0.3, -0.25) is 14.9 Å². The third-order valence-corrected chi connectivity index (χ3v) is 2.80. The topological polar surface area (TPSA) is 96.0 Å². The molecule has 7 heteroatoms. The normalized spacial score (nSPS) is 11.7. The zero-order valence-corrected chi connectivity index (χ0v) is 11.1. The van der Waals surface area contributed by atoms with Gasteiger partial charge in [0.15, 0.2) is 0 Å². The molecule has 19 heavy (non-hydrogen) atoms. The summed E-state index contributed by atoms with van der Waals surface area (Å²) in [6, 6.07) is 5.02. The van der Waals surface area contributed by atoms with Crippen LogP contribution in [0.5, 0.6) is 0 Å². The molecule has 0 fully saturated rings. The molecule has 0 bridgehead atoms. The van der Waals surface area contributed by atoms with Crippen LogP contribution in [-0.4, -0.2) is 16.9 Å². The lowest BCUT2D eigenvalue weighted by Gasteiger charge is -2.14. The number of nitro benzene ring substituents is 1. The smallest absolute Gasteiger partial charge is 0.287 e. The summed E-state index contributed by atoms with van der Waals surface area (Å²) in [4.78, 5) is 21.8. The van der Waals surface area contributed by atoms with Crippen LogP contribution in [0.4, 0.5) is 5.69 Å². The number of hydrogen-bond donors (Lipinski definition) is 1. The van der Waals surface area contributed by atoms with E-state index in [1.165, 1.54) is 12.1 Å². The van der Waals surface area contributed by atoms with Crippen molar-refractivity contribution in [2.45, 2.75) is 19.9 Å². The van der Waals surface area contributed by atoms with Crippen LogP contribution in [0.2, 0.25) is 5.02 Å². The van der Waals surface area contributed by atoms with Crippen molar-refractivity contribution in [2.75, 3.05) is 0 Å². The summed E-state index contributed by atoms with van der Waals surface area (Å²) in [7, 11) is 0. The first-order valence-corrected chi connectivity index (χ1v) is 5.89. The Labute approximate surface area is 115 Å². The van der Waals surface area contributed by atoms with E-state index in [1.54, 1.807) is 13.8 Å². The van der Waals surface area contributed by atoms with E-state index in [0.29, 0.717) is 0 Å². The van der Waals surface area contributed by atoms with Crippen LogP contribution in [0.25, 0.3) is 0 Å². The molecule has 1 N–H and O–H groups in total. The van der Waals surface area contributed by atoms with Crippen molar-refractivity contribution in [3.63, 3.8) is 0 Å². The maximum Gasteiger partial charge on any atom is 0.287 e. The fourth-order valence-electron chi connectivity index (χ4n) is 1.37. The van der Waals surface area contributed by atoms with Gasteiger partial charge < -0.3 is 5.32 Å². The third-order valence-electron chi connectivity index (χ3n) is 2.50. The van der Waals surface area contributed by atoms with E-state index in [0.717, 1.165) is 6.07 Å². The average molecular weight is 282 g/mol. The van der Waals surface area contributed by atoms with Crippen LogP contribution in [0, 0.1) is 27.4 Å². The first-order valence-electron chi connectivity index (χ1n) is 5.51. The molecular weight excluding hydrogens is 270 g/mol. The number of rotatable bonds is 4. The Balaban J connectivity index is 2.93. The molecule has 6 nitrogen and oxygen atoms in total. The van der Waals surface area contributed by atoms with Gasteiger partial charge in [-0.2, -0.15) is 5.26 Å². The number of carbonyl (C=O) groups excluding carboxylic acids is 1. The highest BCUT2D eigenvalue weighted by atomic mass is 35.5. The van der Waals surface area contributed by atoms with Crippen LogP contribution < -0.4 is 5.32 Å². The molecule has 0 heterocycles. The number of nitrogens with zero attached hydrogens (tertiary/aromatic N) is 2. The molecule has 0 spiro atoms. The molecule has 0 saturated carbocycles. The second-order valence-corrected chi connectivity index (χ2v) is 4.65. The van der Waals surface area contributed by atoms with E-state index in [2.05, 4.69) is 5.32 Å². The molecule has 1 aromatic carbocycles. The number of nitriles is 1. The zero-order chi connectivity index (χ0) is 14.6. The van der Waals surface area contributed by atoms with Gasteiger partial charge in [0.1, 0.15) is 11.1 Å². The monoisotopic (exact) mass is 281 g/mol. The Morgan fingerprint density at radius 3 is 2.58 bits per heavy atom. The van der Waals surface area contributed by atoms with Gasteiger partial charge in [0.25, 0.3) is 11.6 Å². The van der Waals surface area contributed by atoms with Crippen molar-refractivity contribution in [1.29, 1.82) is 5.26 Å². The van der Waals surface area contributed by atoms with Gasteiger partial charge in [-0.05, 0) is 18.1 Å². The summed E-state index contributed by atoms with van der Waals surface area (Å²) in [6.07, 6.45) is 0. The van der Waals surface area contributed by atoms with Crippen molar-refractivity contribution in [1.82, 2.24) is 5.32 Å². The van der Waals surface area contributed by atoms with Crippen LogP contribution >= 0.6 is 11.6 Å². The zero-order valence-electron chi connectivity index (χ0n) is 10.4. The van der Waals surface area contributed by atoms with E-state index in [9.17, 15) is 14.9 Å².